The summed E-state index contributed by atoms with van der Waals surface area (Å²) < 4.78 is 0. The van der Waals surface area contributed by atoms with Crippen molar-refractivity contribution in [3.63, 3.8) is 0 Å². The van der Waals surface area contributed by atoms with Gasteiger partial charge in [0.2, 0.25) is 0 Å². The van der Waals surface area contributed by atoms with Gasteiger partial charge in [-0.3, -0.25) is 0 Å². The zero-order valence-corrected chi connectivity index (χ0v) is 17.1. The van der Waals surface area contributed by atoms with Crippen molar-refractivity contribution in [2.45, 2.75) is 41.6 Å². The van der Waals surface area contributed by atoms with Crippen LogP contribution in [0.3, 0.4) is 0 Å². The quantitative estimate of drug-likeness (QED) is 0.697. The van der Waals surface area contributed by atoms with Crippen molar-refractivity contribution < 1.29 is 0 Å². The zero-order chi connectivity index (χ0) is 19.5. The number of piperidine rings is 1. The van der Waals surface area contributed by atoms with E-state index in [1.54, 1.807) is 18.5 Å². The fraction of sp³-hybridized carbons (Fsp3) is 0.526. The van der Waals surface area contributed by atoms with Gasteiger partial charge in [-0.25, -0.2) is 15.0 Å². The maximum Gasteiger partial charge on any atom is 0.158 e. The molecule has 0 bridgehead atoms. The molecule has 148 valence electrons. The Hall–Kier alpha value is -1.77. The van der Waals surface area contributed by atoms with Crippen LogP contribution in [0.5, 0.6) is 0 Å². The van der Waals surface area contributed by atoms with E-state index in [1.807, 2.05) is 0 Å². The van der Waals surface area contributed by atoms with E-state index in [-0.39, 0.29) is 0 Å². The van der Waals surface area contributed by atoms with Crippen LogP contribution < -0.4 is 22.1 Å². The molecule has 6 N–H and O–H groups in total. The largest absolute Gasteiger partial charge is 0.382 e. The zero-order valence-electron chi connectivity index (χ0n) is 15.5. The number of pyridine rings is 1. The summed E-state index contributed by atoms with van der Waals surface area (Å²) in [6.45, 7) is 1.92. The highest BCUT2D eigenvalue weighted by molar-refractivity contribution is 7.99. The molecule has 2 saturated carbocycles. The van der Waals surface area contributed by atoms with Crippen LogP contribution in [0.25, 0.3) is 0 Å². The van der Waals surface area contributed by atoms with Crippen molar-refractivity contribution in [2.24, 2.45) is 23.0 Å². The van der Waals surface area contributed by atoms with Gasteiger partial charge in [0.25, 0.3) is 0 Å². The summed E-state index contributed by atoms with van der Waals surface area (Å²) in [4.78, 5) is 16.1. The van der Waals surface area contributed by atoms with Crippen LogP contribution in [0.1, 0.15) is 25.7 Å². The molecule has 0 radical (unpaired) electrons. The van der Waals surface area contributed by atoms with Crippen LogP contribution in [-0.4, -0.2) is 34.1 Å². The number of rotatable bonds is 3. The monoisotopic (exact) mass is 417 g/mol. The highest BCUT2D eigenvalue weighted by Gasteiger charge is 2.59. The first-order valence-corrected chi connectivity index (χ1v) is 10.9. The van der Waals surface area contributed by atoms with E-state index in [4.69, 9.17) is 28.8 Å². The van der Waals surface area contributed by atoms with E-state index in [9.17, 15) is 0 Å². The van der Waals surface area contributed by atoms with Crippen LogP contribution in [0.2, 0.25) is 5.02 Å². The maximum absolute atomic E-state index is 6.56. The summed E-state index contributed by atoms with van der Waals surface area (Å²) in [5.74, 6) is 3.19. The Morgan fingerprint density at radius 1 is 1.18 bits per heavy atom. The number of aromatic nitrogens is 3. The van der Waals surface area contributed by atoms with Crippen molar-refractivity contribution in [2.75, 3.05) is 29.5 Å². The Kier molecular flexibility index (Phi) is 4.33. The molecule has 3 unspecified atom stereocenters. The van der Waals surface area contributed by atoms with E-state index in [0.29, 0.717) is 33.1 Å². The molecular formula is C19H24ClN7S. The van der Waals surface area contributed by atoms with Gasteiger partial charge in [-0.1, -0.05) is 23.4 Å². The minimum Gasteiger partial charge on any atom is -0.382 e. The number of nitrogens with zero attached hydrogens (tertiary/aromatic N) is 4. The number of nitrogen functional groups attached to an aromatic ring is 2. The van der Waals surface area contributed by atoms with Gasteiger partial charge in [-0.05, 0) is 49.0 Å². The fourth-order valence-electron chi connectivity index (χ4n) is 5.01. The highest BCUT2D eigenvalue weighted by atomic mass is 35.5. The number of hydrogen-bond acceptors (Lipinski definition) is 8. The van der Waals surface area contributed by atoms with Crippen LogP contribution in [0.4, 0.5) is 17.5 Å². The predicted octanol–water partition coefficient (Wildman–Crippen LogP) is 2.79. The first-order valence-electron chi connectivity index (χ1n) is 9.68. The molecule has 3 aliphatic rings. The average molecular weight is 418 g/mol. The Balaban J connectivity index is 1.28. The summed E-state index contributed by atoms with van der Waals surface area (Å²) in [6.07, 6.45) is 8.33. The van der Waals surface area contributed by atoms with E-state index in [2.05, 4.69) is 19.9 Å². The normalized spacial score (nSPS) is 27.8. The molecule has 2 aromatic rings. The molecule has 3 atom stereocenters. The van der Waals surface area contributed by atoms with E-state index >= 15 is 0 Å². The fourth-order valence-corrected chi connectivity index (χ4v) is 6.03. The molecular weight excluding hydrogens is 394 g/mol. The van der Waals surface area contributed by atoms with Crippen molar-refractivity contribution in [3.8, 4) is 0 Å². The van der Waals surface area contributed by atoms with Gasteiger partial charge in [-0.15, -0.1) is 0 Å². The molecule has 0 amide bonds. The smallest absolute Gasteiger partial charge is 0.158 e. The Morgan fingerprint density at radius 2 is 1.96 bits per heavy atom. The topological polar surface area (TPSA) is 120 Å². The summed E-state index contributed by atoms with van der Waals surface area (Å²) in [6, 6.07) is 2.17. The lowest BCUT2D eigenvalue weighted by molar-refractivity contribution is 0.172. The summed E-state index contributed by atoms with van der Waals surface area (Å²) in [7, 11) is 0. The molecule has 2 aromatic heterocycles. The van der Waals surface area contributed by atoms with Crippen LogP contribution in [0, 0.1) is 17.3 Å². The number of anilines is 3. The molecule has 7 nitrogen and oxygen atoms in total. The van der Waals surface area contributed by atoms with Gasteiger partial charge in [0.15, 0.2) is 5.82 Å². The molecule has 1 aliphatic heterocycles. The first-order chi connectivity index (χ1) is 13.5. The SMILES string of the molecule is Nc1nc(N2CCC3(CC2)CC2CC2C3N)cnc1Sc1ccnc(N)c1Cl. The minimum absolute atomic E-state index is 0.292. The van der Waals surface area contributed by atoms with Crippen LogP contribution >= 0.6 is 23.4 Å². The molecule has 1 spiro atoms. The molecule has 1 saturated heterocycles. The average Bonchev–Trinajstić information content (AvgIpc) is 3.40. The van der Waals surface area contributed by atoms with Gasteiger partial charge in [0.1, 0.15) is 16.7 Å². The Morgan fingerprint density at radius 3 is 2.64 bits per heavy atom. The van der Waals surface area contributed by atoms with Crippen molar-refractivity contribution in [3.05, 3.63) is 23.5 Å². The van der Waals surface area contributed by atoms with Gasteiger partial charge in [0.05, 0.1) is 11.2 Å². The van der Waals surface area contributed by atoms with Gasteiger partial charge in [-0.2, -0.15) is 0 Å². The summed E-state index contributed by atoms with van der Waals surface area (Å²) >= 11 is 7.56. The summed E-state index contributed by atoms with van der Waals surface area (Å²) in [5, 5.41) is 1.02. The van der Waals surface area contributed by atoms with Crippen molar-refractivity contribution in [1.82, 2.24) is 15.0 Å². The second-order valence-electron chi connectivity index (χ2n) is 8.27. The number of hydrogen-bond donors (Lipinski definition) is 3. The lowest BCUT2D eigenvalue weighted by atomic mass is 9.72. The highest BCUT2D eigenvalue weighted by Crippen LogP contribution is 2.62. The first kappa shape index (κ1) is 18.3. The predicted molar refractivity (Wildman–Crippen MR) is 112 cm³/mol. The van der Waals surface area contributed by atoms with Crippen molar-refractivity contribution in [1.29, 1.82) is 0 Å². The molecule has 3 heterocycles. The van der Waals surface area contributed by atoms with E-state index < -0.39 is 0 Å². The second kappa shape index (κ2) is 6.64. The molecule has 0 aromatic carbocycles. The summed E-state index contributed by atoms with van der Waals surface area (Å²) in [5.41, 5.74) is 18.9. The van der Waals surface area contributed by atoms with E-state index in [1.165, 1.54) is 24.6 Å². The number of nitrogens with two attached hydrogens (primary N) is 3. The lowest BCUT2D eigenvalue weighted by Gasteiger charge is -2.43. The van der Waals surface area contributed by atoms with Crippen molar-refractivity contribution >= 4 is 40.8 Å². The third-order valence-electron chi connectivity index (χ3n) is 6.74. The van der Waals surface area contributed by atoms with E-state index in [0.717, 1.165) is 48.5 Å². The lowest BCUT2D eigenvalue weighted by Crippen LogP contribution is -2.48. The van der Waals surface area contributed by atoms with Crippen LogP contribution in [0.15, 0.2) is 28.4 Å². The Bertz CT molecular complexity index is 915. The third-order valence-corrected chi connectivity index (χ3v) is 8.31. The third kappa shape index (κ3) is 2.98. The molecule has 28 heavy (non-hydrogen) atoms. The maximum atomic E-state index is 6.56. The minimum atomic E-state index is 0.292. The number of fused-ring (bicyclic) bond motifs is 1. The van der Waals surface area contributed by atoms with Gasteiger partial charge >= 0.3 is 0 Å². The molecule has 5 rings (SSSR count). The molecule has 2 aliphatic carbocycles. The molecule has 3 fully saturated rings. The van der Waals surface area contributed by atoms with Gasteiger partial charge in [0, 0.05) is 30.2 Å². The second-order valence-corrected chi connectivity index (χ2v) is 9.68. The van der Waals surface area contributed by atoms with Gasteiger partial charge < -0.3 is 22.1 Å². The molecule has 9 heteroatoms. The van der Waals surface area contributed by atoms with Crippen LogP contribution in [-0.2, 0) is 0 Å². The Labute approximate surface area is 173 Å². The standard InChI is InChI=1S/C19H24ClN7S/c20-14-12(1-4-24-16(14)22)28-18-17(23)26-13(9-25-18)27-5-2-19(3-6-27)8-10-7-11(10)15(19)21/h1,4,9-11,15H,2-3,5-8,21H2,(H2,22,24)(H2,23,26). The number of halogens is 1.